The molecule has 0 aliphatic rings. The van der Waals surface area contributed by atoms with E-state index in [-0.39, 0.29) is 11.8 Å². The molecule has 0 saturated carbocycles. The lowest BCUT2D eigenvalue weighted by Crippen LogP contribution is -2.19. The van der Waals surface area contributed by atoms with Crippen LogP contribution < -0.4 is 10.2 Å². The summed E-state index contributed by atoms with van der Waals surface area (Å²) < 4.78 is 5.08. The maximum atomic E-state index is 9.65. The van der Waals surface area contributed by atoms with E-state index in [4.69, 9.17) is 9.57 Å². The Bertz CT molecular complexity index is 315. The first-order valence-corrected chi connectivity index (χ1v) is 4.93. The van der Waals surface area contributed by atoms with Gasteiger partial charge in [0.05, 0.1) is 19.8 Å². The largest absolute Gasteiger partial charge is 0.508 e. The number of hydroxylamine groups is 1. The van der Waals surface area contributed by atoms with Crippen LogP contribution in [-0.4, -0.2) is 18.8 Å². The van der Waals surface area contributed by atoms with Crippen molar-refractivity contribution in [1.82, 2.24) is 5.48 Å². The zero-order valence-corrected chi connectivity index (χ0v) is 9.28. The highest BCUT2D eigenvalue weighted by atomic mass is 16.6. The molecule has 15 heavy (non-hydrogen) atoms. The summed E-state index contributed by atoms with van der Waals surface area (Å²) >= 11 is 0. The third kappa shape index (κ3) is 3.11. The maximum Gasteiger partial charge on any atom is 0.120 e. The van der Waals surface area contributed by atoms with Crippen molar-refractivity contribution in [2.75, 3.05) is 13.7 Å². The van der Waals surface area contributed by atoms with Gasteiger partial charge in [0, 0.05) is 5.56 Å². The monoisotopic (exact) mass is 211 g/mol. The fraction of sp³-hybridized carbons (Fsp3) is 0.455. The molecule has 1 aromatic rings. The Balaban J connectivity index is 2.81. The summed E-state index contributed by atoms with van der Waals surface area (Å²) in [6.45, 7) is 4.38. The third-order valence-electron chi connectivity index (χ3n) is 2.11. The van der Waals surface area contributed by atoms with Gasteiger partial charge < -0.3 is 14.7 Å². The molecule has 0 fully saturated rings. The van der Waals surface area contributed by atoms with Gasteiger partial charge in [-0.1, -0.05) is 0 Å². The number of aromatic hydroxyl groups is 1. The van der Waals surface area contributed by atoms with Crippen LogP contribution in [0.15, 0.2) is 18.2 Å². The molecule has 0 aliphatic carbocycles. The predicted molar refractivity (Wildman–Crippen MR) is 57.8 cm³/mol. The Hall–Kier alpha value is -1.26. The first-order chi connectivity index (χ1) is 7.19. The Morgan fingerprint density at radius 2 is 2.20 bits per heavy atom. The lowest BCUT2D eigenvalue weighted by atomic mass is 10.1. The average Bonchev–Trinajstić information content (AvgIpc) is 2.26. The quantitative estimate of drug-likeness (QED) is 0.731. The molecule has 1 aromatic carbocycles. The molecule has 0 amide bonds. The van der Waals surface area contributed by atoms with Crippen LogP contribution in [-0.2, 0) is 4.84 Å². The number of hydrogen-bond donors (Lipinski definition) is 2. The van der Waals surface area contributed by atoms with Crippen molar-refractivity contribution in [2.45, 2.75) is 19.9 Å². The molecule has 0 heterocycles. The van der Waals surface area contributed by atoms with Gasteiger partial charge in [0.15, 0.2) is 0 Å². The van der Waals surface area contributed by atoms with Crippen molar-refractivity contribution in [2.24, 2.45) is 0 Å². The molecule has 1 unspecified atom stereocenters. The van der Waals surface area contributed by atoms with Crippen LogP contribution >= 0.6 is 0 Å². The summed E-state index contributed by atoms with van der Waals surface area (Å²) in [5.41, 5.74) is 3.58. The van der Waals surface area contributed by atoms with Gasteiger partial charge in [-0.05, 0) is 32.0 Å². The van der Waals surface area contributed by atoms with E-state index in [1.54, 1.807) is 25.3 Å². The van der Waals surface area contributed by atoms with Gasteiger partial charge in [-0.15, -0.1) is 0 Å². The summed E-state index contributed by atoms with van der Waals surface area (Å²) in [5.74, 6) is 0.948. The van der Waals surface area contributed by atoms with Crippen molar-refractivity contribution in [3.8, 4) is 11.5 Å². The minimum atomic E-state index is -0.0833. The van der Waals surface area contributed by atoms with Crippen LogP contribution in [0.2, 0.25) is 0 Å². The molecule has 84 valence electrons. The number of nitrogens with one attached hydrogen (secondary N) is 1. The van der Waals surface area contributed by atoms with Gasteiger partial charge in [-0.2, -0.15) is 5.48 Å². The molecule has 2 N–H and O–H groups in total. The van der Waals surface area contributed by atoms with E-state index < -0.39 is 0 Å². The predicted octanol–water partition coefficient (Wildman–Crippen LogP) is 2.00. The van der Waals surface area contributed by atoms with Gasteiger partial charge in [0.25, 0.3) is 0 Å². The summed E-state index contributed by atoms with van der Waals surface area (Å²) in [4.78, 5) is 5.08. The number of hydrogen-bond acceptors (Lipinski definition) is 4. The van der Waals surface area contributed by atoms with Gasteiger partial charge in [0.2, 0.25) is 0 Å². The van der Waals surface area contributed by atoms with Crippen LogP contribution in [0.25, 0.3) is 0 Å². The Kier molecular flexibility index (Phi) is 4.39. The highest BCUT2D eigenvalue weighted by Gasteiger charge is 2.11. The zero-order valence-electron chi connectivity index (χ0n) is 9.28. The molecule has 1 atom stereocenters. The summed E-state index contributed by atoms with van der Waals surface area (Å²) in [7, 11) is 1.59. The van der Waals surface area contributed by atoms with Crippen LogP contribution in [0, 0.1) is 0 Å². The molecular formula is C11H17NO3. The smallest absolute Gasteiger partial charge is 0.120 e. The first-order valence-electron chi connectivity index (χ1n) is 4.93. The molecule has 4 nitrogen and oxygen atoms in total. The van der Waals surface area contributed by atoms with E-state index in [9.17, 15) is 5.11 Å². The summed E-state index contributed by atoms with van der Waals surface area (Å²) in [6, 6.07) is 5.02. The Labute approximate surface area is 89.8 Å². The molecule has 0 aliphatic heterocycles. The van der Waals surface area contributed by atoms with E-state index in [1.807, 2.05) is 13.8 Å². The third-order valence-corrected chi connectivity index (χ3v) is 2.11. The van der Waals surface area contributed by atoms with Crippen molar-refractivity contribution in [3.05, 3.63) is 23.8 Å². The topological polar surface area (TPSA) is 50.7 Å². The standard InChI is InChI=1S/C11H17NO3/c1-4-15-12-8(2)10-7-9(14-3)5-6-11(10)13/h5-8,12-13H,4H2,1-3H3. The number of ether oxygens (including phenoxy) is 1. The average molecular weight is 211 g/mol. The molecule has 0 bridgehead atoms. The molecule has 0 radical (unpaired) electrons. The van der Waals surface area contributed by atoms with Gasteiger partial charge in [-0.3, -0.25) is 0 Å². The van der Waals surface area contributed by atoms with Crippen molar-refractivity contribution in [3.63, 3.8) is 0 Å². The lowest BCUT2D eigenvalue weighted by Gasteiger charge is -2.15. The first kappa shape index (κ1) is 11.8. The van der Waals surface area contributed by atoms with Crippen molar-refractivity contribution < 1.29 is 14.7 Å². The second-order valence-electron chi connectivity index (χ2n) is 3.20. The molecule has 4 heteroatoms. The second-order valence-corrected chi connectivity index (χ2v) is 3.20. The number of rotatable bonds is 5. The molecule has 0 aromatic heterocycles. The Morgan fingerprint density at radius 1 is 1.47 bits per heavy atom. The van der Waals surface area contributed by atoms with E-state index in [0.717, 1.165) is 5.56 Å². The number of benzene rings is 1. The molecular weight excluding hydrogens is 194 g/mol. The highest BCUT2D eigenvalue weighted by Crippen LogP contribution is 2.28. The van der Waals surface area contributed by atoms with Crippen LogP contribution in [0.4, 0.5) is 0 Å². The van der Waals surface area contributed by atoms with Gasteiger partial charge in [0.1, 0.15) is 11.5 Å². The highest BCUT2D eigenvalue weighted by molar-refractivity contribution is 5.40. The van der Waals surface area contributed by atoms with E-state index in [1.165, 1.54) is 0 Å². The zero-order chi connectivity index (χ0) is 11.3. The summed E-state index contributed by atoms with van der Waals surface area (Å²) in [5, 5.41) is 9.65. The van der Waals surface area contributed by atoms with Crippen LogP contribution in [0.1, 0.15) is 25.5 Å². The van der Waals surface area contributed by atoms with E-state index in [0.29, 0.717) is 12.4 Å². The molecule has 0 saturated heterocycles. The Morgan fingerprint density at radius 3 is 2.80 bits per heavy atom. The van der Waals surface area contributed by atoms with Crippen molar-refractivity contribution in [1.29, 1.82) is 0 Å². The van der Waals surface area contributed by atoms with Gasteiger partial charge >= 0.3 is 0 Å². The number of phenols is 1. The van der Waals surface area contributed by atoms with Crippen molar-refractivity contribution >= 4 is 0 Å². The number of phenolic OH excluding ortho intramolecular Hbond substituents is 1. The minimum Gasteiger partial charge on any atom is -0.508 e. The SMILES string of the molecule is CCONC(C)c1cc(OC)ccc1O. The molecule has 1 rings (SSSR count). The summed E-state index contributed by atoms with van der Waals surface area (Å²) in [6.07, 6.45) is 0. The minimum absolute atomic E-state index is 0.0833. The van der Waals surface area contributed by atoms with Crippen LogP contribution in [0.3, 0.4) is 0 Å². The van der Waals surface area contributed by atoms with E-state index in [2.05, 4.69) is 5.48 Å². The number of methoxy groups -OCH3 is 1. The fourth-order valence-electron chi connectivity index (χ4n) is 1.28. The second kappa shape index (κ2) is 5.58. The maximum absolute atomic E-state index is 9.65. The lowest BCUT2D eigenvalue weighted by molar-refractivity contribution is 0.0279. The normalized spacial score (nSPS) is 12.5. The van der Waals surface area contributed by atoms with E-state index >= 15 is 0 Å². The van der Waals surface area contributed by atoms with Gasteiger partial charge in [-0.25, -0.2) is 0 Å². The fourth-order valence-corrected chi connectivity index (χ4v) is 1.28. The molecule has 0 spiro atoms. The van der Waals surface area contributed by atoms with Crippen LogP contribution in [0.5, 0.6) is 11.5 Å².